The first-order valence-electron chi connectivity index (χ1n) is 48.6. The lowest BCUT2D eigenvalue weighted by Gasteiger charge is -2.29. The van der Waals surface area contributed by atoms with E-state index in [1.807, 2.05) is 206 Å². The zero-order valence-corrected chi connectivity index (χ0v) is 98.4. The predicted molar refractivity (Wildman–Crippen MR) is 638 cm³/mol. The topological polar surface area (TPSA) is 184 Å². The molecular weight excluding hydrogens is 1950 g/mol. The van der Waals surface area contributed by atoms with Crippen LogP contribution in [0.2, 0.25) is 0 Å². The van der Waals surface area contributed by atoms with Crippen LogP contribution in [0.25, 0.3) is 0 Å². The van der Waals surface area contributed by atoms with Crippen LogP contribution in [-0.2, 0) is 21.7 Å². The monoisotopic (exact) mass is 2100 g/mol. The summed E-state index contributed by atoms with van der Waals surface area (Å²) < 4.78 is 38.9. The predicted octanol–water partition coefficient (Wildman–Crippen LogP) is 23.9. The second-order valence-electron chi connectivity index (χ2n) is 40.4. The molecule has 0 aliphatic carbocycles. The Bertz CT molecular complexity index is 6830. The molecule has 0 aliphatic rings. The van der Waals surface area contributed by atoms with Crippen LogP contribution in [0.15, 0.2) is 243 Å². The molecule has 7 unspecified atom stereocenters. The molecule has 770 valence electrons. The van der Waals surface area contributed by atoms with Gasteiger partial charge in [0.05, 0.1) is 49.8 Å². The van der Waals surface area contributed by atoms with E-state index < -0.39 is 0 Å². The summed E-state index contributed by atoms with van der Waals surface area (Å²) in [6.45, 7) is 50.9. The third-order valence-corrected chi connectivity index (χ3v) is 33.7. The van der Waals surface area contributed by atoms with E-state index in [0.717, 1.165) is 248 Å². The van der Waals surface area contributed by atoms with E-state index in [-0.39, 0.29) is 21.7 Å². The van der Waals surface area contributed by atoms with Gasteiger partial charge in [0.25, 0.3) is 0 Å². The van der Waals surface area contributed by atoms with E-state index in [1.165, 1.54) is 38.9 Å². The molecule has 0 saturated heterocycles. The minimum Gasteiger partial charge on any atom is -0.496 e. The van der Waals surface area contributed by atoms with Crippen molar-refractivity contribution < 1.29 is 66.7 Å². The average Bonchev–Trinajstić information content (AvgIpc) is 0.771. The van der Waals surface area contributed by atoms with Crippen molar-refractivity contribution in [3.05, 3.63) is 371 Å². The highest BCUT2D eigenvalue weighted by atomic mass is 31.1. The number of ether oxygens (including phenoxy) is 7. The molecule has 0 heterocycles. The van der Waals surface area contributed by atoms with Crippen LogP contribution < -0.4 is 107 Å². The van der Waals surface area contributed by atoms with Crippen LogP contribution in [0.5, 0.6) is 40.2 Å². The van der Waals surface area contributed by atoms with Gasteiger partial charge < -0.3 is 33.2 Å². The third-order valence-electron chi connectivity index (χ3n) is 24.0. The van der Waals surface area contributed by atoms with Crippen molar-refractivity contribution in [3.63, 3.8) is 0 Å². The van der Waals surface area contributed by atoms with Crippen LogP contribution >= 0.6 is 60.1 Å². The summed E-state index contributed by atoms with van der Waals surface area (Å²) in [5.74, 6) is 6.39. The van der Waals surface area contributed by atoms with E-state index in [9.17, 15) is 33.6 Å². The summed E-state index contributed by atoms with van der Waals surface area (Å²) in [4.78, 5) is 78.8. The Kier molecular flexibility index (Phi) is 46.5. The molecule has 7 atom stereocenters. The van der Waals surface area contributed by atoms with Gasteiger partial charge in [-0.25, -0.2) is 0 Å². The van der Waals surface area contributed by atoms with Crippen LogP contribution in [0.4, 0.5) is 0 Å². The Morgan fingerprint density at radius 1 is 0.184 bits per heavy atom. The molecule has 21 heteroatoms. The van der Waals surface area contributed by atoms with Gasteiger partial charge in [-0.3, -0.25) is 33.6 Å². The molecule has 147 heavy (non-hydrogen) atoms. The lowest BCUT2D eigenvalue weighted by molar-refractivity contribution is 0.111. The smallest absolute Gasteiger partial charge is 0.150 e. The Balaban J connectivity index is 0.000000210. The maximum Gasteiger partial charge on any atom is 0.150 e. The number of para-hydroxylation sites is 2. The zero-order valence-electron chi connectivity index (χ0n) is 91.4. The number of aldehydes is 7. The van der Waals surface area contributed by atoms with Crippen molar-refractivity contribution in [1.29, 1.82) is 0 Å². The average molecular weight is 2100 g/mol. The highest BCUT2D eigenvalue weighted by Gasteiger charge is 2.29. The number of benzene rings is 14. The first kappa shape index (κ1) is 121. The maximum atomic E-state index is 11.4. The molecule has 0 radical (unpaired) electrons. The first-order valence-corrected chi connectivity index (χ1v) is 55.6. The molecule has 0 bridgehead atoms. The van der Waals surface area contributed by atoms with Crippen LogP contribution in [-0.4, -0.2) is 93.8 Å². The molecule has 0 aromatic heterocycles. The number of hydrogen-bond acceptors (Lipinski definition) is 14. The van der Waals surface area contributed by atoms with Gasteiger partial charge in [-0.15, -0.1) is 0 Å². The number of hydrogen-bond donors (Lipinski definition) is 0. The van der Waals surface area contributed by atoms with E-state index in [1.54, 1.807) is 49.8 Å². The fraction of sp³-hybridized carbons (Fsp3) is 0.278. The van der Waals surface area contributed by atoms with Crippen molar-refractivity contribution >= 4 is 178 Å². The van der Waals surface area contributed by atoms with E-state index >= 15 is 0 Å². The zero-order chi connectivity index (χ0) is 109. The van der Waals surface area contributed by atoms with Crippen LogP contribution in [0.1, 0.15) is 245 Å². The second-order valence-corrected chi connectivity index (χ2v) is 49.7. The number of aryl methyl sites for hydroxylation is 12. The molecule has 0 N–H and O–H groups in total. The van der Waals surface area contributed by atoms with Gasteiger partial charge in [-0.1, -0.05) is 346 Å². The summed E-state index contributed by atoms with van der Waals surface area (Å²) >= 11 is 0. The van der Waals surface area contributed by atoms with Crippen LogP contribution in [0.3, 0.4) is 0 Å². The highest BCUT2D eigenvalue weighted by molar-refractivity contribution is 7.58. The van der Waals surface area contributed by atoms with Crippen molar-refractivity contribution in [1.82, 2.24) is 0 Å². The number of carbonyl (C=O) groups is 7. The quantitative estimate of drug-likeness (QED) is 0.0333. The molecular formula is C126H147O14P7. The van der Waals surface area contributed by atoms with Gasteiger partial charge >= 0.3 is 0 Å². The molecule has 0 spiro atoms. The minimum atomic E-state index is -0.0178. The fourth-order valence-electron chi connectivity index (χ4n) is 16.2. The molecule has 14 nitrogen and oxygen atoms in total. The van der Waals surface area contributed by atoms with E-state index in [2.05, 4.69) is 203 Å². The van der Waals surface area contributed by atoms with Gasteiger partial charge in [0, 0.05) is 87.2 Å². The van der Waals surface area contributed by atoms with Gasteiger partial charge in [0.1, 0.15) is 40.2 Å². The standard InChI is InChI=1S/C22H29O2P.2C20H25O2P.C17H19O2P.2C16H17O2P.C15H15O2P/c1-21(2,3)16-12-17(22(4,5)6)20(24-7)19(13-16)25-18-11-9-8-10-15(18)14-23;1-13-7-8-17(15(9-13)12-21)23-18-11-16(20(3,4)5)10-14(2)19(18)22-6;1-13-7-8-17(15(9-13)12-21)23-18-11-14(2)10-16(19(18)22-6)20(3,4)5;1-11-5-6-15(14(8-11)10-18)20-16-9-12(2)7-13(3)17(16)19-4;1-11-5-7-15(13(8-11)10-17)19-16-9-12(2)4-6-14(16)18-3;1-11-7-8-14(13(9-11)10-17)19-15-6-4-5-12(2)16(15)18-3;1-11-7-8-14(12(9-11)10-16)18-15-6-4-3-5-13(15)17-2/h8-14,25H,1-7H3;2*7-12,23H,1-6H3;5-10,20H,1-4H3;2*4-10,19H,1-3H3;3-10,18H,1-2H3. The lowest BCUT2D eigenvalue weighted by Crippen LogP contribution is -2.22. The summed E-state index contributed by atoms with van der Waals surface area (Å²) in [6, 6.07) is 81.6. The maximum absolute atomic E-state index is 11.4. The number of carbonyl (C=O) groups excluding carboxylic acids is 7. The van der Waals surface area contributed by atoms with E-state index in [0.29, 0.717) is 60.1 Å². The first-order chi connectivity index (χ1) is 69.7. The Morgan fingerprint density at radius 3 is 0.803 bits per heavy atom. The molecule has 14 aromatic carbocycles. The molecule has 0 amide bonds. The normalized spacial score (nSPS) is 11.5. The van der Waals surface area contributed by atoms with Crippen LogP contribution in [0, 0.1) is 83.1 Å². The molecule has 0 aliphatic heterocycles. The second kappa shape index (κ2) is 56.7. The Morgan fingerprint density at radius 2 is 0.442 bits per heavy atom. The van der Waals surface area contributed by atoms with Crippen molar-refractivity contribution in [3.8, 4) is 40.2 Å². The number of methoxy groups -OCH3 is 7. The van der Waals surface area contributed by atoms with Crippen molar-refractivity contribution in [2.75, 3.05) is 49.8 Å². The van der Waals surface area contributed by atoms with Crippen molar-refractivity contribution in [2.24, 2.45) is 0 Å². The summed E-state index contributed by atoms with van der Waals surface area (Å²) in [7, 11) is 14.8. The summed E-state index contributed by atoms with van der Waals surface area (Å²) in [6.07, 6.45) is 6.54. The Labute approximate surface area is 887 Å². The molecule has 0 fully saturated rings. The van der Waals surface area contributed by atoms with Gasteiger partial charge in [-0.05, 0) is 260 Å². The molecule has 14 aromatic rings. The van der Waals surface area contributed by atoms with Gasteiger partial charge in [0.2, 0.25) is 0 Å². The largest absolute Gasteiger partial charge is 0.496 e. The van der Waals surface area contributed by atoms with Gasteiger partial charge in [0.15, 0.2) is 44.0 Å². The summed E-state index contributed by atoms with van der Waals surface area (Å²) in [5.41, 5.74) is 24.1. The number of rotatable bonds is 28. The highest BCUT2D eigenvalue weighted by Crippen LogP contribution is 2.40. The Hall–Kier alpha value is -11.6. The van der Waals surface area contributed by atoms with Crippen molar-refractivity contribution in [2.45, 2.75) is 188 Å². The van der Waals surface area contributed by atoms with E-state index in [4.69, 9.17) is 33.2 Å². The lowest BCUT2D eigenvalue weighted by atomic mass is 9.80. The third kappa shape index (κ3) is 35.0. The minimum absolute atomic E-state index is 0.0113. The summed E-state index contributed by atoms with van der Waals surface area (Å²) in [5, 5.41) is 15.4. The SMILES string of the molecule is COc1c(C)cc(C(C)(C)C)cc1Pc1ccc(C)cc1C=O.COc1c(C)cc(C)cc1Pc1ccc(C)cc1C=O.COc1c(C)cccc1Pc1ccc(C)cc1C=O.COc1c(Pc2ccc(C)cc2C=O)cc(C)cc1C(C)(C)C.COc1c(Pc2ccccc2C=O)cc(C(C)(C)C)cc1C(C)(C)C.COc1ccc(C)cc1Pc1ccc(C)cc1C=O.COc1ccccc1Pc1ccc(C)cc1C=O. The van der Waals surface area contributed by atoms with Gasteiger partial charge in [-0.2, -0.15) is 0 Å². The fourth-order valence-corrected chi connectivity index (χ4v) is 25.7. The molecule has 14 rings (SSSR count). The molecule has 0 saturated carbocycles.